The molecule has 9 heteroatoms. The number of carboxylic acids is 1. The third-order valence-corrected chi connectivity index (χ3v) is 7.53. The van der Waals surface area contributed by atoms with E-state index in [2.05, 4.69) is 0 Å². The number of likely N-dealkylation sites (tertiary alicyclic amines) is 1. The molecule has 1 saturated heterocycles. The average Bonchev–Trinajstić information content (AvgIpc) is 3.36. The minimum absolute atomic E-state index is 0.0506. The molecule has 1 aliphatic rings. The second kappa shape index (κ2) is 9.70. The molecule has 0 bridgehead atoms. The minimum atomic E-state index is -1.46. The number of carboxylic acid groups (broad SMARTS) is 1. The smallest absolute Gasteiger partial charge is 0.411 e. The largest absolute Gasteiger partial charge is 0.497 e. The summed E-state index contributed by atoms with van der Waals surface area (Å²) in [4.78, 5) is 41.4. The molecule has 2 heterocycles. The number of nitrogens with two attached hydrogens (primary N) is 1. The maximum Gasteiger partial charge on any atom is 0.411 e. The second-order valence-corrected chi connectivity index (χ2v) is 10.7. The summed E-state index contributed by atoms with van der Waals surface area (Å²) in [5.41, 5.74) is 5.82. The number of methoxy groups -OCH3 is 1. The van der Waals surface area contributed by atoms with Crippen LogP contribution in [0.2, 0.25) is 0 Å². The zero-order valence-electron chi connectivity index (χ0n) is 22.6. The molecule has 2 amide bonds. The Labute approximate surface area is 222 Å². The zero-order chi connectivity index (χ0) is 28.0. The van der Waals surface area contributed by atoms with Crippen LogP contribution in [0.15, 0.2) is 48.5 Å². The van der Waals surface area contributed by atoms with Gasteiger partial charge >= 0.3 is 12.1 Å². The number of amides is 2. The Morgan fingerprint density at radius 1 is 1.11 bits per heavy atom. The molecule has 2 aromatic carbocycles. The van der Waals surface area contributed by atoms with Gasteiger partial charge in [0.2, 0.25) is 5.91 Å². The van der Waals surface area contributed by atoms with Crippen LogP contribution in [0.5, 0.6) is 5.75 Å². The number of nitrogens with zero attached hydrogens (tertiary/aromatic N) is 2. The highest BCUT2D eigenvalue weighted by Crippen LogP contribution is 2.55. The van der Waals surface area contributed by atoms with Gasteiger partial charge in [-0.3, -0.25) is 9.69 Å². The first-order valence-electron chi connectivity index (χ1n) is 12.6. The highest BCUT2D eigenvalue weighted by Gasteiger charge is 2.60. The molecule has 38 heavy (non-hydrogen) atoms. The number of para-hydroxylation sites is 1. The van der Waals surface area contributed by atoms with Gasteiger partial charge in [0, 0.05) is 29.4 Å². The topological polar surface area (TPSA) is 124 Å². The van der Waals surface area contributed by atoms with Crippen molar-refractivity contribution in [1.29, 1.82) is 0 Å². The van der Waals surface area contributed by atoms with E-state index in [0.29, 0.717) is 22.2 Å². The van der Waals surface area contributed by atoms with E-state index in [9.17, 15) is 19.5 Å². The number of aryl methyl sites for hydroxylation is 1. The van der Waals surface area contributed by atoms with Gasteiger partial charge in [-0.25, -0.2) is 9.59 Å². The fourth-order valence-corrected chi connectivity index (χ4v) is 5.97. The third kappa shape index (κ3) is 4.25. The molecule has 3 N–H and O–H groups in total. The summed E-state index contributed by atoms with van der Waals surface area (Å²) in [6.07, 6.45) is -0.234. The molecule has 0 aliphatic carbocycles. The number of ether oxygens (including phenoxy) is 2. The van der Waals surface area contributed by atoms with E-state index in [0.717, 1.165) is 5.56 Å². The maximum atomic E-state index is 13.9. The number of primary amides is 1. The first-order chi connectivity index (χ1) is 17.9. The van der Waals surface area contributed by atoms with Crippen molar-refractivity contribution in [3.63, 3.8) is 0 Å². The van der Waals surface area contributed by atoms with Crippen molar-refractivity contribution in [3.05, 3.63) is 65.4 Å². The lowest BCUT2D eigenvalue weighted by Crippen LogP contribution is -2.59. The van der Waals surface area contributed by atoms with Crippen molar-refractivity contribution >= 4 is 28.9 Å². The van der Waals surface area contributed by atoms with Crippen molar-refractivity contribution in [1.82, 2.24) is 9.47 Å². The van der Waals surface area contributed by atoms with Gasteiger partial charge in [-0.15, -0.1) is 0 Å². The standard InChI is InChI=1S/C29H35N3O6/c1-7-29(26(30)35)20(17-12-14-18(37-6)15-13-17)16-22(32(29)27(36)38-28(2,3)4)23-19-10-8-9-11-21(19)31(5)24(23)25(33)34/h8-15,20,22H,7,16H2,1-6H3,(H2,30,35)(H,33,34)/t20-,22?,29-/m0/s1. The lowest BCUT2D eigenvalue weighted by atomic mass is 9.77. The van der Waals surface area contributed by atoms with Crippen LogP contribution in [-0.4, -0.2) is 50.8 Å². The zero-order valence-corrected chi connectivity index (χ0v) is 22.6. The monoisotopic (exact) mass is 521 g/mol. The van der Waals surface area contributed by atoms with E-state index in [1.165, 1.54) is 4.90 Å². The molecule has 4 rings (SSSR count). The van der Waals surface area contributed by atoms with Crippen LogP contribution in [0.3, 0.4) is 0 Å². The summed E-state index contributed by atoms with van der Waals surface area (Å²) in [5, 5.41) is 11.0. The van der Waals surface area contributed by atoms with E-state index < -0.39 is 41.1 Å². The number of rotatable bonds is 6. The van der Waals surface area contributed by atoms with Gasteiger partial charge in [0.15, 0.2) is 0 Å². The Kier molecular flexibility index (Phi) is 6.90. The Morgan fingerprint density at radius 3 is 2.26 bits per heavy atom. The fourth-order valence-electron chi connectivity index (χ4n) is 5.97. The summed E-state index contributed by atoms with van der Waals surface area (Å²) in [5.74, 6) is -1.67. The van der Waals surface area contributed by atoms with Gasteiger partial charge in [0.05, 0.1) is 13.2 Å². The molecule has 0 saturated carbocycles. The molecule has 0 spiro atoms. The minimum Gasteiger partial charge on any atom is -0.497 e. The second-order valence-electron chi connectivity index (χ2n) is 10.7. The predicted octanol–water partition coefficient (Wildman–Crippen LogP) is 4.98. The number of aromatic nitrogens is 1. The quantitative estimate of drug-likeness (QED) is 0.471. The fraction of sp³-hybridized carbons (Fsp3) is 0.414. The summed E-state index contributed by atoms with van der Waals surface area (Å²) in [6.45, 7) is 7.04. The van der Waals surface area contributed by atoms with Crippen LogP contribution in [0.1, 0.15) is 74.1 Å². The van der Waals surface area contributed by atoms with Gasteiger partial charge in [-0.2, -0.15) is 0 Å². The van der Waals surface area contributed by atoms with Crippen molar-refractivity contribution in [2.45, 2.75) is 63.6 Å². The molecule has 1 unspecified atom stereocenters. The van der Waals surface area contributed by atoms with E-state index in [-0.39, 0.29) is 18.5 Å². The Hall–Kier alpha value is -4.01. The summed E-state index contributed by atoms with van der Waals surface area (Å²) >= 11 is 0. The predicted molar refractivity (Wildman–Crippen MR) is 143 cm³/mol. The van der Waals surface area contributed by atoms with Crippen LogP contribution in [0, 0.1) is 0 Å². The highest BCUT2D eigenvalue weighted by atomic mass is 16.6. The van der Waals surface area contributed by atoms with Crippen molar-refractivity contribution in [3.8, 4) is 5.75 Å². The molecule has 1 aliphatic heterocycles. The molecule has 1 fully saturated rings. The molecular formula is C29H35N3O6. The molecule has 202 valence electrons. The van der Waals surface area contributed by atoms with E-state index in [1.54, 1.807) is 51.6 Å². The first kappa shape index (κ1) is 27.0. The van der Waals surface area contributed by atoms with Crippen LogP contribution in [0.25, 0.3) is 10.9 Å². The number of carbonyl (C=O) groups excluding carboxylic acids is 2. The van der Waals surface area contributed by atoms with E-state index >= 15 is 0 Å². The van der Waals surface area contributed by atoms with Gasteiger partial charge in [0.1, 0.15) is 22.6 Å². The normalized spacial score (nSPS) is 21.5. The number of hydrogen-bond acceptors (Lipinski definition) is 5. The number of fused-ring (bicyclic) bond motifs is 1. The van der Waals surface area contributed by atoms with Gasteiger partial charge in [0.25, 0.3) is 0 Å². The summed E-state index contributed by atoms with van der Waals surface area (Å²) < 4.78 is 12.7. The lowest BCUT2D eigenvalue weighted by Gasteiger charge is -2.41. The third-order valence-electron chi connectivity index (χ3n) is 7.53. The van der Waals surface area contributed by atoms with Crippen LogP contribution >= 0.6 is 0 Å². The van der Waals surface area contributed by atoms with E-state index in [4.69, 9.17) is 15.2 Å². The van der Waals surface area contributed by atoms with Gasteiger partial charge in [-0.05, 0) is 57.4 Å². The Balaban J connectivity index is 2.04. The van der Waals surface area contributed by atoms with Crippen molar-refractivity contribution in [2.24, 2.45) is 12.8 Å². The summed E-state index contributed by atoms with van der Waals surface area (Å²) in [6, 6.07) is 13.8. The molecule has 0 radical (unpaired) electrons. The number of hydrogen-bond donors (Lipinski definition) is 2. The van der Waals surface area contributed by atoms with E-state index in [1.807, 2.05) is 43.3 Å². The molecule has 1 aromatic heterocycles. The van der Waals surface area contributed by atoms with Crippen molar-refractivity contribution in [2.75, 3.05) is 7.11 Å². The summed E-state index contributed by atoms with van der Waals surface area (Å²) in [7, 11) is 3.25. The van der Waals surface area contributed by atoms with Crippen LogP contribution in [-0.2, 0) is 16.6 Å². The molecular weight excluding hydrogens is 486 g/mol. The van der Waals surface area contributed by atoms with Crippen molar-refractivity contribution < 1.29 is 29.0 Å². The number of aromatic carboxylic acids is 1. The van der Waals surface area contributed by atoms with Crippen LogP contribution < -0.4 is 10.5 Å². The lowest BCUT2D eigenvalue weighted by molar-refractivity contribution is -0.130. The SMILES string of the molecule is CC[C@@]1(C(N)=O)[C@H](c2ccc(OC)cc2)CC(c2c(C(=O)O)n(C)c3ccccc23)N1C(=O)OC(C)(C)C. The Morgan fingerprint density at radius 2 is 1.74 bits per heavy atom. The number of benzene rings is 2. The Bertz CT molecular complexity index is 1390. The van der Waals surface area contributed by atoms with Crippen LogP contribution in [0.4, 0.5) is 4.79 Å². The first-order valence-corrected chi connectivity index (χ1v) is 12.6. The molecule has 9 nitrogen and oxygen atoms in total. The van der Waals surface area contributed by atoms with Gasteiger partial charge < -0.3 is 24.9 Å². The van der Waals surface area contributed by atoms with Gasteiger partial charge in [-0.1, -0.05) is 37.3 Å². The maximum absolute atomic E-state index is 13.9. The highest BCUT2D eigenvalue weighted by molar-refractivity contribution is 6.00. The molecule has 3 atom stereocenters. The average molecular weight is 522 g/mol. The number of carbonyl (C=O) groups is 3. The molecule has 3 aromatic rings.